The Morgan fingerprint density at radius 3 is 2.60 bits per heavy atom. The Morgan fingerprint density at radius 2 is 1.82 bits per heavy atom. The Morgan fingerprint density at radius 1 is 1.02 bits per heavy atom. The number of hydrogen-bond donors (Lipinski definition) is 1. The van der Waals surface area contributed by atoms with Crippen molar-refractivity contribution in [2.24, 2.45) is 0 Å². The van der Waals surface area contributed by atoms with Gasteiger partial charge in [0.25, 0.3) is 11.2 Å². The van der Waals surface area contributed by atoms with Crippen LogP contribution in [0.1, 0.15) is 24.0 Å². The second-order valence-electron chi connectivity index (χ2n) is 8.98. The maximum atomic E-state index is 13.3. The van der Waals surface area contributed by atoms with E-state index in [1.807, 2.05) is 24.3 Å². The maximum Gasteiger partial charge on any atom is 0.269 e. The Kier molecular flexibility index (Phi) is 9.74. The van der Waals surface area contributed by atoms with Gasteiger partial charge in [-0.25, -0.2) is 4.98 Å². The van der Waals surface area contributed by atoms with E-state index in [0.29, 0.717) is 59.2 Å². The van der Waals surface area contributed by atoms with Gasteiger partial charge in [-0.3, -0.25) is 24.3 Å². The second-order valence-corrected chi connectivity index (χ2v) is 9.92. The molecule has 0 radical (unpaired) electrons. The predicted molar refractivity (Wildman–Crippen MR) is 154 cm³/mol. The van der Waals surface area contributed by atoms with E-state index >= 15 is 0 Å². The van der Waals surface area contributed by atoms with Gasteiger partial charge in [-0.05, 0) is 48.2 Å². The topological polar surface area (TPSA) is 126 Å². The first-order valence-electron chi connectivity index (χ1n) is 12.7. The number of hydrogen-bond acceptors (Lipinski definition) is 8. The lowest BCUT2D eigenvalue weighted by Crippen LogP contribution is -2.27. The number of methoxy groups -OCH3 is 2. The summed E-state index contributed by atoms with van der Waals surface area (Å²) < 4.78 is 12.2. The number of non-ortho nitro benzene ring substituents is 1. The molecule has 0 atom stereocenters. The van der Waals surface area contributed by atoms with E-state index in [4.69, 9.17) is 9.47 Å². The molecule has 1 aromatic heterocycles. The molecule has 3 aromatic carbocycles. The molecule has 0 fully saturated rings. The number of para-hydroxylation sites is 1. The average Bonchev–Trinajstić information content (AvgIpc) is 2.97. The maximum absolute atomic E-state index is 13.3. The third kappa shape index (κ3) is 7.17. The fraction of sp³-hybridized carbons (Fsp3) is 0.276. The van der Waals surface area contributed by atoms with Gasteiger partial charge in [0.05, 0.1) is 30.0 Å². The van der Waals surface area contributed by atoms with Gasteiger partial charge in [-0.2, -0.15) is 0 Å². The molecule has 0 aliphatic carbocycles. The number of ether oxygens (including phenoxy) is 2. The smallest absolute Gasteiger partial charge is 0.269 e. The Hall–Kier alpha value is -4.38. The number of benzene rings is 3. The summed E-state index contributed by atoms with van der Waals surface area (Å²) in [6.45, 7) is 0.785. The van der Waals surface area contributed by atoms with E-state index in [9.17, 15) is 19.7 Å². The summed E-state index contributed by atoms with van der Waals surface area (Å²) >= 11 is 1.33. The van der Waals surface area contributed by atoms with Crippen LogP contribution in [-0.2, 0) is 23.5 Å². The molecule has 0 spiro atoms. The quantitative estimate of drug-likeness (QED) is 0.107. The van der Waals surface area contributed by atoms with Crippen LogP contribution in [0.15, 0.2) is 76.7 Å². The Balaban J connectivity index is 1.38. The minimum absolute atomic E-state index is 0.0131. The lowest BCUT2D eigenvalue weighted by molar-refractivity contribution is -0.384. The first-order chi connectivity index (χ1) is 19.4. The number of nitro groups is 1. The zero-order valence-electron chi connectivity index (χ0n) is 22.3. The number of nitrogens with zero attached hydrogens (tertiary/aromatic N) is 3. The molecule has 0 aliphatic rings. The van der Waals surface area contributed by atoms with Gasteiger partial charge in [0.1, 0.15) is 0 Å². The molecule has 0 aliphatic heterocycles. The van der Waals surface area contributed by atoms with Crippen LogP contribution in [0.2, 0.25) is 0 Å². The molecule has 0 bridgehead atoms. The monoisotopic (exact) mass is 562 g/mol. The van der Waals surface area contributed by atoms with E-state index in [-0.39, 0.29) is 23.6 Å². The fourth-order valence-electron chi connectivity index (χ4n) is 4.23. The van der Waals surface area contributed by atoms with Crippen LogP contribution in [0.25, 0.3) is 10.9 Å². The van der Waals surface area contributed by atoms with Crippen molar-refractivity contribution in [3.63, 3.8) is 0 Å². The van der Waals surface area contributed by atoms with E-state index in [0.717, 1.165) is 11.1 Å². The number of carbonyl (C=O) groups is 1. The number of amides is 1. The van der Waals surface area contributed by atoms with E-state index in [1.165, 1.54) is 23.9 Å². The van der Waals surface area contributed by atoms with Gasteiger partial charge in [-0.15, -0.1) is 0 Å². The standard InChI is InChI=1S/C29H30N4O6S/c1-38-25-13-12-20(18-26(25)39-2)14-15-30-27(34)11-6-16-32-28(35)23-9-3-4-10-24(23)31-29(32)40-19-21-7-5-8-22(17-21)33(36)37/h3-5,7-10,12-13,17-18H,6,11,14-16,19H2,1-2H3,(H,30,34). The van der Waals surface area contributed by atoms with Crippen molar-refractivity contribution in [2.75, 3.05) is 20.8 Å². The molecule has 208 valence electrons. The van der Waals surface area contributed by atoms with E-state index in [1.54, 1.807) is 49.1 Å². The molecule has 40 heavy (non-hydrogen) atoms. The minimum atomic E-state index is -0.433. The number of fused-ring (bicyclic) bond motifs is 1. The van der Waals surface area contributed by atoms with Crippen molar-refractivity contribution >= 4 is 34.3 Å². The normalized spacial score (nSPS) is 10.8. The first kappa shape index (κ1) is 28.6. The number of carbonyl (C=O) groups excluding carboxylic acids is 1. The lowest BCUT2D eigenvalue weighted by atomic mass is 10.1. The summed E-state index contributed by atoms with van der Waals surface area (Å²) in [5.74, 6) is 1.59. The molecule has 11 heteroatoms. The minimum Gasteiger partial charge on any atom is -0.493 e. The van der Waals surface area contributed by atoms with Crippen molar-refractivity contribution in [3.8, 4) is 11.5 Å². The largest absolute Gasteiger partial charge is 0.493 e. The lowest BCUT2D eigenvalue weighted by Gasteiger charge is -2.13. The third-order valence-electron chi connectivity index (χ3n) is 6.29. The first-order valence-corrected chi connectivity index (χ1v) is 13.7. The summed E-state index contributed by atoms with van der Waals surface area (Å²) in [4.78, 5) is 41.2. The van der Waals surface area contributed by atoms with Gasteiger partial charge in [-0.1, -0.05) is 42.1 Å². The number of thioether (sulfide) groups is 1. The summed E-state index contributed by atoms with van der Waals surface area (Å²) in [6.07, 6.45) is 1.34. The SMILES string of the molecule is COc1ccc(CCNC(=O)CCCn2c(SCc3cccc([N+](=O)[O-])c3)nc3ccccc3c2=O)cc1OC. The van der Waals surface area contributed by atoms with Gasteiger partial charge in [0.15, 0.2) is 16.7 Å². The Labute approximate surface area is 235 Å². The summed E-state index contributed by atoms with van der Waals surface area (Å²) in [5.41, 5.74) is 2.18. The molecule has 0 saturated carbocycles. The molecule has 4 aromatic rings. The third-order valence-corrected chi connectivity index (χ3v) is 7.33. The number of rotatable bonds is 13. The van der Waals surface area contributed by atoms with Crippen LogP contribution in [0.5, 0.6) is 11.5 Å². The molecule has 4 rings (SSSR count). The van der Waals surface area contributed by atoms with E-state index < -0.39 is 4.92 Å². The zero-order chi connectivity index (χ0) is 28.5. The fourth-order valence-corrected chi connectivity index (χ4v) is 5.20. The molecular formula is C29H30N4O6S. The highest BCUT2D eigenvalue weighted by atomic mass is 32.2. The van der Waals surface area contributed by atoms with Crippen molar-refractivity contribution in [3.05, 3.63) is 98.3 Å². The molecular weight excluding hydrogens is 532 g/mol. The molecule has 1 N–H and O–H groups in total. The van der Waals surface area contributed by atoms with Crippen LogP contribution in [-0.4, -0.2) is 41.1 Å². The molecule has 1 amide bonds. The Bertz CT molecular complexity index is 1570. The predicted octanol–water partition coefficient (Wildman–Crippen LogP) is 4.75. The highest BCUT2D eigenvalue weighted by Gasteiger charge is 2.14. The van der Waals surface area contributed by atoms with Crippen LogP contribution in [0, 0.1) is 10.1 Å². The molecule has 0 saturated heterocycles. The molecule has 0 unspecified atom stereocenters. The van der Waals surface area contributed by atoms with Crippen molar-refractivity contribution in [2.45, 2.75) is 36.7 Å². The van der Waals surface area contributed by atoms with Crippen molar-refractivity contribution in [1.29, 1.82) is 0 Å². The van der Waals surface area contributed by atoms with E-state index in [2.05, 4.69) is 10.3 Å². The number of aromatic nitrogens is 2. The summed E-state index contributed by atoms with van der Waals surface area (Å²) in [5, 5.41) is 15.1. The summed E-state index contributed by atoms with van der Waals surface area (Å²) in [7, 11) is 3.16. The highest BCUT2D eigenvalue weighted by molar-refractivity contribution is 7.98. The second kappa shape index (κ2) is 13.6. The van der Waals surface area contributed by atoms with Crippen LogP contribution < -0.4 is 20.3 Å². The van der Waals surface area contributed by atoms with Crippen molar-refractivity contribution in [1.82, 2.24) is 14.9 Å². The van der Waals surface area contributed by atoms with Gasteiger partial charge in [0, 0.05) is 37.4 Å². The molecule has 10 nitrogen and oxygen atoms in total. The van der Waals surface area contributed by atoms with Crippen LogP contribution in [0.3, 0.4) is 0 Å². The van der Waals surface area contributed by atoms with Crippen LogP contribution >= 0.6 is 11.8 Å². The highest BCUT2D eigenvalue weighted by Crippen LogP contribution is 2.28. The van der Waals surface area contributed by atoms with Gasteiger partial charge in [0.2, 0.25) is 5.91 Å². The molecule has 1 heterocycles. The number of nitrogens with one attached hydrogen (secondary N) is 1. The van der Waals surface area contributed by atoms with Gasteiger partial charge < -0.3 is 14.8 Å². The van der Waals surface area contributed by atoms with Crippen LogP contribution in [0.4, 0.5) is 5.69 Å². The average molecular weight is 563 g/mol. The zero-order valence-corrected chi connectivity index (χ0v) is 23.1. The van der Waals surface area contributed by atoms with Gasteiger partial charge >= 0.3 is 0 Å². The van der Waals surface area contributed by atoms with Crippen molar-refractivity contribution < 1.29 is 19.2 Å². The summed E-state index contributed by atoms with van der Waals surface area (Å²) in [6, 6.07) is 19.2. The number of nitro benzene ring substituents is 1.